The molecule has 5 nitrogen and oxygen atoms in total. The number of aryl methyl sites for hydroxylation is 3. The predicted molar refractivity (Wildman–Crippen MR) is 57.5 cm³/mol. The van der Waals surface area contributed by atoms with Crippen LogP contribution in [0, 0.1) is 25.2 Å². The van der Waals surface area contributed by atoms with E-state index in [9.17, 15) is 4.79 Å². The summed E-state index contributed by atoms with van der Waals surface area (Å²) in [5.41, 5.74) is 1.94. The quantitative estimate of drug-likeness (QED) is 0.719. The van der Waals surface area contributed by atoms with Crippen molar-refractivity contribution in [3.8, 4) is 6.07 Å². The Kier molecular flexibility index (Phi) is 4.06. The van der Waals surface area contributed by atoms with Crippen LogP contribution < -0.4 is 0 Å². The van der Waals surface area contributed by atoms with Crippen LogP contribution in [0.4, 0.5) is 0 Å². The van der Waals surface area contributed by atoms with Crippen LogP contribution in [-0.2, 0) is 16.1 Å². The lowest BCUT2D eigenvalue weighted by Gasteiger charge is -2.06. The number of esters is 1. The summed E-state index contributed by atoms with van der Waals surface area (Å²) in [6.45, 7) is 5.86. The molecule has 1 aromatic heterocycles. The molecule has 1 unspecified atom stereocenters. The molecule has 5 heteroatoms. The average molecular weight is 221 g/mol. The number of hydrogen-bond donors (Lipinski definition) is 0. The third-order valence-electron chi connectivity index (χ3n) is 2.12. The maximum absolute atomic E-state index is 11.3. The van der Waals surface area contributed by atoms with Crippen molar-refractivity contribution in [2.45, 2.75) is 39.8 Å². The fourth-order valence-electron chi connectivity index (χ4n) is 1.38. The van der Waals surface area contributed by atoms with E-state index in [2.05, 4.69) is 5.10 Å². The van der Waals surface area contributed by atoms with Gasteiger partial charge in [-0.15, -0.1) is 0 Å². The number of aromatic nitrogens is 2. The molecule has 1 atom stereocenters. The standard InChI is InChI=1S/C11H15N3O2/c1-8-6-9(2)14(13-8)5-4-11(15)16-10(3)7-12/h6,10H,4-5H2,1-3H3. The highest BCUT2D eigenvalue weighted by molar-refractivity contribution is 5.69. The Morgan fingerprint density at radius 2 is 2.38 bits per heavy atom. The van der Waals surface area contributed by atoms with Crippen molar-refractivity contribution in [2.24, 2.45) is 0 Å². The fourth-order valence-corrected chi connectivity index (χ4v) is 1.38. The molecule has 1 rings (SSSR count). The molecule has 0 spiro atoms. The van der Waals surface area contributed by atoms with Crippen LogP contribution in [0.1, 0.15) is 24.7 Å². The van der Waals surface area contributed by atoms with E-state index in [0.717, 1.165) is 11.4 Å². The number of carbonyl (C=O) groups excluding carboxylic acids is 1. The maximum atomic E-state index is 11.3. The number of nitriles is 1. The summed E-state index contributed by atoms with van der Waals surface area (Å²) in [5, 5.41) is 12.7. The Bertz CT molecular complexity index is 417. The highest BCUT2D eigenvalue weighted by atomic mass is 16.5. The number of ether oxygens (including phenoxy) is 1. The van der Waals surface area contributed by atoms with Crippen molar-refractivity contribution >= 4 is 5.97 Å². The Labute approximate surface area is 94.6 Å². The van der Waals surface area contributed by atoms with Crippen LogP contribution in [0.3, 0.4) is 0 Å². The fraction of sp³-hybridized carbons (Fsp3) is 0.545. The zero-order chi connectivity index (χ0) is 12.1. The molecule has 1 aromatic rings. The van der Waals surface area contributed by atoms with E-state index in [1.165, 1.54) is 0 Å². The van der Waals surface area contributed by atoms with Crippen molar-refractivity contribution in [2.75, 3.05) is 0 Å². The smallest absolute Gasteiger partial charge is 0.308 e. The summed E-state index contributed by atoms with van der Waals surface area (Å²) < 4.78 is 6.58. The lowest BCUT2D eigenvalue weighted by molar-refractivity contribution is -0.146. The number of nitrogens with zero attached hydrogens (tertiary/aromatic N) is 3. The Hall–Kier alpha value is -1.83. The maximum Gasteiger partial charge on any atom is 0.308 e. The molecule has 0 saturated heterocycles. The molecule has 16 heavy (non-hydrogen) atoms. The summed E-state index contributed by atoms with van der Waals surface area (Å²) in [6, 6.07) is 3.79. The van der Waals surface area contributed by atoms with Crippen LogP contribution in [-0.4, -0.2) is 21.9 Å². The lowest BCUT2D eigenvalue weighted by atomic mass is 10.4. The van der Waals surface area contributed by atoms with Gasteiger partial charge in [0.15, 0.2) is 6.10 Å². The molecule has 86 valence electrons. The van der Waals surface area contributed by atoms with Crippen molar-refractivity contribution in [1.29, 1.82) is 5.26 Å². The Morgan fingerprint density at radius 1 is 1.69 bits per heavy atom. The van der Waals surface area contributed by atoms with Gasteiger partial charge in [-0.2, -0.15) is 10.4 Å². The lowest BCUT2D eigenvalue weighted by Crippen LogP contribution is -2.15. The highest BCUT2D eigenvalue weighted by Gasteiger charge is 2.09. The van der Waals surface area contributed by atoms with E-state index in [1.807, 2.05) is 26.0 Å². The number of rotatable bonds is 4. The van der Waals surface area contributed by atoms with E-state index in [0.29, 0.717) is 6.54 Å². The van der Waals surface area contributed by atoms with E-state index in [-0.39, 0.29) is 12.4 Å². The van der Waals surface area contributed by atoms with E-state index >= 15 is 0 Å². The monoisotopic (exact) mass is 221 g/mol. The molecule has 0 radical (unpaired) electrons. The highest BCUT2D eigenvalue weighted by Crippen LogP contribution is 2.03. The topological polar surface area (TPSA) is 67.9 Å². The summed E-state index contributed by atoms with van der Waals surface area (Å²) in [5.74, 6) is -0.374. The summed E-state index contributed by atoms with van der Waals surface area (Å²) in [7, 11) is 0. The minimum Gasteiger partial charge on any atom is -0.447 e. The molecule has 0 aromatic carbocycles. The predicted octanol–water partition coefficient (Wildman–Crippen LogP) is 1.35. The van der Waals surface area contributed by atoms with Crippen LogP contribution in [0.5, 0.6) is 0 Å². The first-order chi connectivity index (χ1) is 7.52. The number of carbonyl (C=O) groups is 1. The van der Waals surface area contributed by atoms with Gasteiger partial charge in [0, 0.05) is 5.69 Å². The van der Waals surface area contributed by atoms with Crippen LogP contribution >= 0.6 is 0 Å². The SMILES string of the molecule is Cc1cc(C)n(CCC(=O)OC(C)C#N)n1. The van der Waals surface area contributed by atoms with Crippen molar-refractivity contribution in [3.63, 3.8) is 0 Å². The van der Waals surface area contributed by atoms with Gasteiger partial charge in [-0.1, -0.05) is 0 Å². The first-order valence-electron chi connectivity index (χ1n) is 5.13. The van der Waals surface area contributed by atoms with Gasteiger partial charge in [0.1, 0.15) is 6.07 Å². The molecular formula is C11H15N3O2. The molecule has 1 heterocycles. The van der Waals surface area contributed by atoms with E-state index in [1.54, 1.807) is 11.6 Å². The van der Waals surface area contributed by atoms with Gasteiger partial charge in [-0.05, 0) is 26.8 Å². The average Bonchev–Trinajstić information content (AvgIpc) is 2.54. The normalized spacial score (nSPS) is 11.9. The van der Waals surface area contributed by atoms with Crippen molar-refractivity contribution in [1.82, 2.24) is 9.78 Å². The minimum atomic E-state index is -0.687. The zero-order valence-electron chi connectivity index (χ0n) is 9.73. The van der Waals surface area contributed by atoms with E-state index < -0.39 is 6.10 Å². The second-order valence-corrected chi connectivity index (χ2v) is 3.66. The summed E-state index contributed by atoms with van der Waals surface area (Å²) >= 11 is 0. The van der Waals surface area contributed by atoms with Crippen LogP contribution in [0.2, 0.25) is 0 Å². The van der Waals surface area contributed by atoms with Gasteiger partial charge in [-0.3, -0.25) is 9.48 Å². The molecule has 0 fully saturated rings. The molecule has 0 N–H and O–H groups in total. The zero-order valence-corrected chi connectivity index (χ0v) is 9.73. The summed E-state index contributed by atoms with van der Waals surface area (Å²) in [6.07, 6.45) is -0.457. The molecular weight excluding hydrogens is 206 g/mol. The van der Waals surface area contributed by atoms with Gasteiger partial charge in [0.2, 0.25) is 0 Å². The molecule has 0 aliphatic heterocycles. The van der Waals surface area contributed by atoms with Gasteiger partial charge < -0.3 is 4.74 Å². The number of hydrogen-bond acceptors (Lipinski definition) is 4. The molecule has 0 aliphatic carbocycles. The van der Waals surface area contributed by atoms with Gasteiger partial charge in [-0.25, -0.2) is 0 Å². The van der Waals surface area contributed by atoms with Gasteiger partial charge >= 0.3 is 5.97 Å². The molecule has 0 saturated carbocycles. The molecule has 0 bridgehead atoms. The van der Waals surface area contributed by atoms with Crippen LogP contribution in [0.25, 0.3) is 0 Å². The summed E-state index contributed by atoms with van der Waals surface area (Å²) in [4.78, 5) is 11.3. The van der Waals surface area contributed by atoms with Crippen molar-refractivity contribution < 1.29 is 9.53 Å². The molecule has 0 aliphatic rings. The van der Waals surface area contributed by atoms with Crippen molar-refractivity contribution in [3.05, 3.63) is 17.5 Å². The van der Waals surface area contributed by atoms with Gasteiger partial charge in [0.05, 0.1) is 18.7 Å². The second kappa shape index (κ2) is 5.31. The Balaban J connectivity index is 2.43. The third kappa shape index (κ3) is 3.39. The first-order valence-corrected chi connectivity index (χ1v) is 5.13. The van der Waals surface area contributed by atoms with Gasteiger partial charge in [0.25, 0.3) is 0 Å². The minimum absolute atomic E-state index is 0.230. The second-order valence-electron chi connectivity index (χ2n) is 3.66. The van der Waals surface area contributed by atoms with E-state index in [4.69, 9.17) is 10.00 Å². The third-order valence-corrected chi connectivity index (χ3v) is 2.12. The Morgan fingerprint density at radius 3 is 2.88 bits per heavy atom. The largest absolute Gasteiger partial charge is 0.447 e. The first kappa shape index (κ1) is 12.2. The molecule has 0 amide bonds. The van der Waals surface area contributed by atoms with Crippen LogP contribution in [0.15, 0.2) is 6.07 Å².